The molecule has 1 N–H and O–H groups in total. The summed E-state index contributed by atoms with van der Waals surface area (Å²) in [7, 11) is -2.04. The standard InChI is InChI=1S/C18H21ClN2O4S/c1-13(14-4-10-17(25-2)11-5-14)20-18(22)12-21(26(3,23)24)16-8-6-15(19)7-9-16/h4-11,13H,12H2,1-3H3,(H,20,22). The van der Waals surface area contributed by atoms with E-state index in [0.717, 1.165) is 21.9 Å². The van der Waals surface area contributed by atoms with Gasteiger partial charge in [-0.1, -0.05) is 23.7 Å². The molecule has 0 aromatic heterocycles. The number of carbonyl (C=O) groups excluding carboxylic acids is 1. The van der Waals surface area contributed by atoms with Crippen molar-refractivity contribution in [1.82, 2.24) is 5.32 Å². The summed E-state index contributed by atoms with van der Waals surface area (Å²) in [5.41, 5.74) is 1.26. The highest BCUT2D eigenvalue weighted by Crippen LogP contribution is 2.21. The molecule has 2 aromatic carbocycles. The topological polar surface area (TPSA) is 75.7 Å². The van der Waals surface area contributed by atoms with Gasteiger partial charge in [0.15, 0.2) is 0 Å². The monoisotopic (exact) mass is 396 g/mol. The van der Waals surface area contributed by atoms with E-state index in [-0.39, 0.29) is 12.6 Å². The van der Waals surface area contributed by atoms with Gasteiger partial charge in [-0.2, -0.15) is 0 Å². The van der Waals surface area contributed by atoms with E-state index in [1.807, 2.05) is 19.1 Å². The first-order chi connectivity index (χ1) is 12.2. The second-order valence-corrected chi connectivity index (χ2v) is 8.15. The second kappa shape index (κ2) is 8.42. The van der Waals surface area contributed by atoms with Crippen LogP contribution in [0.25, 0.3) is 0 Å². The van der Waals surface area contributed by atoms with Crippen molar-refractivity contribution in [1.29, 1.82) is 0 Å². The molecular weight excluding hydrogens is 376 g/mol. The van der Waals surface area contributed by atoms with Gasteiger partial charge in [-0.25, -0.2) is 8.42 Å². The van der Waals surface area contributed by atoms with Gasteiger partial charge in [0.1, 0.15) is 12.3 Å². The summed E-state index contributed by atoms with van der Waals surface area (Å²) in [6, 6.07) is 13.3. The molecule has 0 aliphatic rings. The first kappa shape index (κ1) is 20.1. The number of nitrogens with zero attached hydrogens (tertiary/aromatic N) is 1. The number of benzene rings is 2. The lowest BCUT2D eigenvalue weighted by molar-refractivity contribution is -0.120. The first-order valence-electron chi connectivity index (χ1n) is 7.87. The summed E-state index contributed by atoms with van der Waals surface area (Å²) in [4.78, 5) is 12.4. The van der Waals surface area contributed by atoms with Crippen LogP contribution in [0, 0.1) is 0 Å². The molecule has 26 heavy (non-hydrogen) atoms. The fourth-order valence-corrected chi connectivity index (χ4v) is 3.38. The van der Waals surface area contributed by atoms with E-state index >= 15 is 0 Å². The molecule has 2 aromatic rings. The zero-order chi connectivity index (χ0) is 19.3. The predicted molar refractivity (Wildman–Crippen MR) is 103 cm³/mol. The number of methoxy groups -OCH3 is 1. The lowest BCUT2D eigenvalue weighted by Crippen LogP contribution is -2.41. The number of anilines is 1. The Morgan fingerprint density at radius 3 is 2.23 bits per heavy atom. The fourth-order valence-electron chi connectivity index (χ4n) is 2.40. The average molecular weight is 397 g/mol. The molecule has 0 bridgehead atoms. The highest BCUT2D eigenvalue weighted by Gasteiger charge is 2.21. The molecule has 0 aliphatic heterocycles. The molecule has 0 spiro atoms. The van der Waals surface area contributed by atoms with Crippen LogP contribution in [0.2, 0.25) is 5.02 Å². The van der Waals surface area contributed by atoms with Gasteiger partial charge in [-0.05, 0) is 48.9 Å². The number of rotatable bonds is 7. The zero-order valence-electron chi connectivity index (χ0n) is 14.8. The summed E-state index contributed by atoms with van der Waals surface area (Å²) < 4.78 is 30.3. The van der Waals surface area contributed by atoms with Crippen LogP contribution in [-0.4, -0.2) is 34.2 Å². The highest BCUT2D eigenvalue weighted by atomic mass is 35.5. The van der Waals surface area contributed by atoms with Crippen molar-refractivity contribution >= 4 is 33.2 Å². The van der Waals surface area contributed by atoms with Gasteiger partial charge in [0.25, 0.3) is 0 Å². The van der Waals surface area contributed by atoms with Crippen molar-refractivity contribution < 1.29 is 17.9 Å². The summed E-state index contributed by atoms with van der Waals surface area (Å²) in [5, 5.41) is 3.29. The summed E-state index contributed by atoms with van der Waals surface area (Å²) in [6.07, 6.45) is 1.06. The number of ether oxygens (including phenoxy) is 1. The van der Waals surface area contributed by atoms with Crippen LogP contribution in [0.1, 0.15) is 18.5 Å². The third-order valence-electron chi connectivity index (χ3n) is 3.80. The Morgan fingerprint density at radius 2 is 1.73 bits per heavy atom. The second-order valence-electron chi connectivity index (χ2n) is 5.81. The van der Waals surface area contributed by atoms with Crippen LogP contribution in [0.4, 0.5) is 5.69 Å². The molecule has 140 valence electrons. The Bertz CT molecular complexity index is 852. The molecule has 2 rings (SSSR count). The largest absolute Gasteiger partial charge is 0.497 e. The molecular formula is C18H21ClN2O4S. The Kier molecular flexibility index (Phi) is 6.50. The minimum atomic E-state index is -3.62. The number of amides is 1. The van der Waals surface area contributed by atoms with Gasteiger partial charge in [0.2, 0.25) is 15.9 Å². The highest BCUT2D eigenvalue weighted by molar-refractivity contribution is 7.92. The van der Waals surface area contributed by atoms with Gasteiger partial charge in [-0.3, -0.25) is 9.10 Å². The molecule has 1 amide bonds. The molecule has 0 saturated carbocycles. The number of hydrogen-bond acceptors (Lipinski definition) is 4. The minimum absolute atomic E-state index is 0.278. The van der Waals surface area contributed by atoms with Gasteiger partial charge in [0.05, 0.1) is 25.1 Å². The SMILES string of the molecule is COc1ccc(C(C)NC(=O)CN(c2ccc(Cl)cc2)S(C)(=O)=O)cc1. The maximum Gasteiger partial charge on any atom is 0.241 e. The van der Waals surface area contributed by atoms with E-state index < -0.39 is 15.9 Å². The van der Waals surface area contributed by atoms with Gasteiger partial charge < -0.3 is 10.1 Å². The van der Waals surface area contributed by atoms with Crippen LogP contribution >= 0.6 is 11.6 Å². The number of sulfonamides is 1. The predicted octanol–water partition coefficient (Wildman–Crippen LogP) is 2.99. The lowest BCUT2D eigenvalue weighted by atomic mass is 10.1. The number of nitrogens with one attached hydrogen (secondary N) is 1. The molecule has 0 radical (unpaired) electrons. The Morgan fingerprint density at radius 1 is 1.15 bits per heavy atom. The minimum Gasteiger partial charge on any atom is -0.497 e. The van der Waals surface area contributed by atoms with Crippen LogP contribution in [0.15, 0.2) is 48.5 Å². The first-order valence-corrected chi connectivity index (χ1v) is 10.1. The molecule has 6 nitrogen and oxygen atoms in total. The van der Waals surface area contributed by atoms with Gasteiger partial charge >= 0.3 is 0 Å². The van der Waals surface area contributed by atoms with E-state index in [1.54, 1.807) is 43.5 Å². The average Bonchev–Trinajstić information content (AvgIpc) is 2.59. The van der Waals surface area contributed by atoms with Crippen molar-refractivity contribution in [2.75, 3.05) is 24.2 Å². The van der Waals surface area contributed by atoms with E-state index in [1.165, 1.54) is 0 Å². The van der Waals surface area contributed by atoms with Crippen molar-refractivity contribution in [3.63, 3.8) is 0 Å². The molecule has 1 unspecified atom stereocenters. The lowest BCUT2D eigenvalue weighted by Gasteiger charge is -2.23. The van der Waals surface area contributed by atoms with Crippen molar-refractivity contribution in [2.45, 2.75) is 13.0 Å². The number of carbonyl (C=O) groups is 1. The van der Waals surface area contributed by atoms with Gasteiger partial charge in [-0.15, -0.1) is 0 Å². The fraction of sp³-hybridized carbons (Fsp3) is 0.278. The Balaban J connectivity index is 2.10. The quantitative estimate of drug-likeness (QED) is 0.780. The molecule has 1 atom stereocenters. The van der Waals surface area contributed by atoms with Crippen molar-refractivity contribution in [3.05, 3.63) is 59.1 Å². The van der Waals surface area contributed by atoms with E-state index in [4.69, 9.17) is 16.3 Å². The smallest absolute Gasteiger partial charge is 0.241 e. The number of halogens is 1. The third-order valence-corrected chi connectivity index (χ3v) is 5.19. The van der Waals surface area contributed by atoms with Crippen molar-refractivity contribution in [3.8, 4) is 5.75 Å². The van der Waals surface area contributed by atoms with Crippen LogP contribution in [0.3, 0.4) is 0 Å². The summed E-state index contributed by atoms with van der Waals surface area (Å²) in [5.74, 6) is 0.312. The maximum absolute atomic E-state index is 12.4. The van der Waals surface area contributed by atoms with Crippen LogP contribution < -0.4 is 14.4 Å². The van der Waals surface area contributed by atoms with E-state index in [2.05, 4.69) is 5.32 Å². The van der Waals surface area contributed by atoms with E-state index in [0.29, 0.717) is 10.7 Å². The molecule has 8 heteroatoms. The molecule has 0 saturated heterocycles. The Labute approximate surface area is 158 Å². The molecule has 0 fully saturated rings. The van der Waals surface area contributed by atoms with Crippen molar-refractivity contribution in [2.24, 2.45) is 0 Å². The summed E-state index contributed by atoms with van der Waals surface area (Å²) in [6.45, 7) is 1.51. The molecule has 0 aliphatic carbocycles. The Hall–Kier alpha value is -2.25. The maximum atomic E-state index is 12.4. The van der Waals surface area contributed by atoms with Crippen LogP contribution in [0.5, 0.6) is 5.75 Å². The zero-order valence-corrected chi connectivity index (χ0v) is 16.3. The number of hydrogen-bond donors (Lipinski definition) is 1. The summed E-state index contributed by atoms with van der Waals surface area (Å²) >= 11 is 5.84. The van der Waals surface area contributed by atoms with Gasteiger partial charge in [0, 0.05) is 5.02 Å². The third kappa shape index (κ3) is 5.37. The van der Waals surface area contributed by atoms with E-state index in [9.17, 15) is 13.2 Å². The molecule has 0 heterocycles. The van der Waals surface area contributed by atoms with Crippen LogP contribution in [-0.2, 0) is 14.8 Å². The normalized spacial score (nSPS) is 12.3.